The molecule has 0 amide bonds. The SMILES string of the molecule is CCN(CC)CCCNCc1cccc(OC)c1OCc1cccc(Cl)c1. The monoisotopic (exact) mass is 390 g/mol. The maximum Gasteiger partial charge on any atom is 0.166 e. The first-order chi connectivity index (χ1) is 13.2. The van der Waals surface area contributed by atoms with E-state index in [-0.39, 0.29) is 0 Å². The zero-order chi connectivity index (χ0) is 19.5. The molecule has 27 heavy (non-hydrogen) atoms. The number of hydrogen-bond acceptors (Lipinski definition) is 4. The molecule has 0 aliphatic heterocycles. The molecule has 0 saturated carbocycles. The number of benzene rings is 2. The van der Waals surface area contributed by atoms with Crippen LogP contribution in [0.15, 0.2) is 42.5 Å². The molecule has 2 rings (SSSR count). The lowest BCUT2D eigenvalue weighted by atomic mass is 10.1. The number of nitrogens with zero attached hydrogens (tertiary/aromatic N) is 1. The maximum atomic E-state index is 6.10. The van der Waals surface area contributed by atoms with E-state index in [2.05, 4.69) is 30.1 Å². The standard InChI is InChI=1S/C22H31ClN2O2/c1-4-25(5-2)14-8-13-24-16-19-10-7-12-21(26-3)22(19)27-17-18-9-6-11-20(23)15-18/h6-7,9-12,15,24H,4-5,8,13-14,16-17H2,1-3H3. The molecule has 0 fully saturated rings. The van der Waals surface area contributed by atoms with Gasteiger partial charge in [-0.15, -0.1) is 0 Å². The largest absolute Gasteiger partial charge is 0.493 e. The Morgan fingerprint density at radius 2 is 1.85 bits per heavy atom. The summed E-state index contributed by atoms with van der Waals surface area (Å²) in [5, 5.41) is 4.24. The van der Waals surface area contributed by atoms with Crippen LogP contribution in [-0.4, -0.2) is 38.2 Å². The normalized spacial score (nSPS) is 11.0. The van der Waals surface area contributed by atoms with E-state index in [0.29, 0.717) is 11.6 Å². The smallest absolute Gasteiger partial charge is 0.166 e. The first kappa shape index (κ1) is 21.5. The van der Waals surface area contributed by atoms with Crippen molar-refractivity contribution >= 4 is 11.6 Å². The molecular formula is C22H31ClN2O2. The van der Waals surface area contributed by atoms with E-state index in [9.17, 15) is 0 Å². The Balaban J connectivity index is 1.93. The third-order valence-corrected chi connectivity index (χ3v) is 4.83. The number of rotatable bonds is 12. The highest BCUT2D eigenvalue weighted by Gasteiger charge is 2.11. The topological polar surface area (TPSA) is 33.7 Å². The molecule has 0 bridgehead atoms. The van der Waals surface area contributed by atoms with E-state index >= 15 is 0 Å². The van der Waals surface area contributed by atoms with E-state index in [4.69, 9.17) is 21.1 Å². The Morgan fingerprint density at radius 1 is 1.07 bits per heavy atom. The van der Waals surface area contributed by atoms with E-state index in [0.717, 1.165) is 61.8 Å². The van der Waals surface area contributed by atoms with Crippen LogP contribution < -0.4 is 14.8 Å². The fourth-order valence-electron chi connectivity index (χ4n) is 3.00. The molecule has 5 heteroatoms. The average molecular weight is 391 g/mol. The van der Waals surface area contributed by atoms with E-state index in [1.807, 2.05) is 36.4 Å². The summed E-state index contributed by atoms with van der Waals surface area (Å²) >= 11 is 6.06. The Hall–Kier alpha value is -1.75. The van der Waals surface area contributed by atoms with Crippen LogP contribution in [0.5, 0.6) is 11.5 Å². The Bertz CT molecular complexity index is 690. The van der Waals surface area contributed by atoms with Crippen molar-refractivity contribution < 1.29 is 9.47 Å². The maximum absolute atomic E-state index is 6.10. The minimum atomic E-state index is 0.454. The summed E-state index contributed by atoms with van der Waals surface area (Å²) in [5.41, 5.74) is 2.13. The van der Waals surface area contributed by atoms with Gasteiger partial charge in [0.1, 0.15) is 6.61 Å². The van der Waals surface area contributed by atoms with Crippen LogP contribution in [0.2, 0.25) is 5.02 Å². The van der Waals surface area contributed by atoms with Crippen LogP contribution in [0.1, 0.15) is 31.4 Å². The van der Waals surface area contributed by atoms with Crippen LogP contribution in [-0.2, 0) is 13.2 Å². The number of nitrogens with one attached hydrogen (secondary N) is 1. The summed E-state index contributed by atoms with van der Waals surface area (Å²) in [4.78, 5) is 2.44. The molecule has 2 aromatic carbocycles. The zero-order valence-electron chi connectivity index (χ0n) is 16.6. The molecule has 4 nitrogen and oxygen atoms in total. The first-order valence-electron chi connectivity index (χ1n) is 9.64. The van der Waals surface area contributed by atoms with Gasteiger partial charge in [0.25, 0.3) is 0 Å². The Kier molecular flexibility index (Phi) is 9.46. The molecule has 0 heterocycles. The van der Waals surface area contributed by atoms with Gasteiger partial charge in [0.2, 0.25) is 0 Å². The second-order valence-corrected chi connectivity index (χ2v) is 6.86. The number of ether oxygens (including phenoxy) is 2. The second-order valence-electron chi connectivity index (χ2n) is 6.42. The third-order valence-electron chi connectivity index (χ3n) is 4.59. The third kappa shape index (κ3) is 7.06. The van der Waals surface area contributed by atoms with Crippen molar-refractivity contribution in [3.05, 3.63) is 58.6 Å². The van der Waals surface area contributed by atoms with Crippen LogP contribution in [0.4, 0.5) is 0 Å². The molecule has 0 aliphatic rings. The molecule has 0 aliphatic carbocycles. The molecule has 0 aromatic heterocycles. The molecule has 148 valence electrons. The van der Waals surface area contributed by atoms with Crippen molar-refractivity contribution in [2.24, 2.45) is 0 Å². The van der Waals surface area contributed by atoms with Crippen molar-refractivity contribution in [2.75, 3.05) is 33.3 Å². The molecule has 0 spiro atoms. The summed E-state index contributed by atoms with van der Waals surface area (Å²) in [6.07, 6.45) is 1.13. The minimum absolute atomic E-state index is 0.454. The number of hydrogen-bond donors (Lipinski definition) is 1. The lowest BCUT2D eigenvalue weighted by molar-refractivity contribution is 0.280. The lowest BCUT2D eigenvalue weighted by Crippen LogP contribution is -2.27. The van der Waals surface area contributed by atoms with Crippen molar-refractivity contribution in [2.45, 2.75) is 33.4 Å². The fraction of sp³-hybridized carbons (Fsp3) is 0.455. The summed E-state index contributed by atoms with van der Waals surface area (Å²) in [5.74, 6) is 1.54. The van der Waals surface area contributed by atoms with E-state index in [1.165, 1.54) is 0 Å². The Morgan fingerprint density at radius 3 is 2.56 bits per heavy atom. The van der Waals surface area contributed by atoms with Crippen molar-refractivity contribution in [3.8, 4) is 11.5 Å². The Labute approximate surface area is 168 Å². The highest BCUT2D eigenvalue weighted by molar-refractivity contribution is 6.30. The van der Waals surface area contributed by atoms with Gasteiger partial charge in [-0.05, 0) is 56.4 Å². The van der Waals surface area contributed by atoms with Gasteiger partial charge in [-0.25, -0.2) is 0 Å². The van der Waals surface area contributed by atoms with Gasteiger partial charge < -0.3 is 19.7 Å². The average Bonchev–Trinajstić information content (AvgIpc) is 2.69. The van der Waals surface area contributed by atoms with Gasteiger partial charge in [0.15, 0.2) is 11.5 Å². The molecule has 0 saturated heterocycles. The lowest BCUT2D eigenvalue weighted by Gasteiger charge is -2.18. The van der Waals surface area contributed by atoms with Gasteiger partial charge in [-0.1, -0.05) is 49.7 Å². The predicted molar refractivity (Wildman–Crippen MR) is 113 cm³/mol. The van der Waals surface area contributed by atoms with Crippen LogP contribution in [0.25, 0.3) is 0 Å². The van der Waals surface area contributed by atoms with Crippen molar-refractivity contribution in [1.82, 2.24) is 10.2 Å². The zero-order valence-corrected chi connectivity index (χ0v) is 17.4. The number of halogens is 1. The van der Waals surface area contributed by atoms with Crippen LogP contribution in [0, 0.1) is 0 Å². The molecule has 0 unspecified atom stereocenters. The van der Waals surface area contributed by atoms with Gasteiger partial charge in [-0.3, -0.25) is 0 Å². The number of methoxy groups -OCH3 is 1. The molecule has 1 N–H and O–H groups in total. The van der Waals surface area contributed by atoms with Crippen LogP contribution in [0.3, 0.4) is 0 Å². The van der Waals surface area contributed by atoms with Crippen molar-refractivity contribution in [1.29, 1.82) is 0 Å². The fourth-order valence-corrected chi connectivity index (χ4v) is 3.21. The van der Waals surface area contributed by atoms with E-state index in [1.54, 1.807) is 7.11 Å². The molecular weight excluding hydrogens is 360 g/mol. The molecule has 0 radical (unpaired) electrons. The van der Waals surface area contributed by atoms with Crippen molar-refractivity contribution in [3.63, 3.8) is 0 Å². The summed E-state index contributed by atoms with van der Waals surface area (Å²) in [7, 11) is 1.67. The highest BCUT2D eigenvalue weighted by atomic mass is 35.5. The summed E-state index contributed by atoms with van der Waals surface area (Å²) < 4.78 is 11.6. The predicted octanol–water partition coefficient (Wildman–Crippen LogP) is 4.75. The summed E-state index contributed by atoms with van der Waals surface area (Å²) in [6, 6.07) is 13.7. The first-order valence-corrected chi connectivity index (χ1v) is 10.0. The number of para-hydroxylation sites is 1. The van der Waals surface area contributed by atoms with Gasteiger partial charge in [-0.2, -0.15) is 0 Å². The molecule has 0 atom stereocenters. The van der Waals surface area contributed by atoms with Crippen LogP contribution >= 0.6 is 11.6 Å². The van der Waals surface area contributed by atoms with E-state index < -0.39 is 0 Å². The second kappa shape index (κ2) is 11.9. The van der Waals surface area contributed by atoms with Gasteiger partial charge >= 0.3 is 0 Å². The van der Waals surface area contributed by atoms with Gasteiger partial charge in [0.05, 0.1) is 7.11 Å². The molecule has 2 aromatic rings. The quantitative estimate of drug-likeness (QED) is 0.530. The minimum Gasteiger partial charge on any atom is -0.493 e. The summed E-state index contributed by atoms with van der Waals surface area (Å²) in [6.45, 7) is 9.92. The van der Waals surface area contributed by atoms with Gasteiger partial charge in [0, 0.05) is 17.1 Å². The highest BCUT2D eigenvalue weighted by Crippen LogP contribution is 2.32.